The van der Waals surface area contributed by atoms with Crippen molar-refractivity contribution in [3.8, 4) is 11.3 Å². The maximum absolute atomic E-state index is 13.2. The number of amides is 1. The molecular weight excluding hydrogens is 468 g/mol. The Kier molecular flexibility index (Phi) is 6.24. The molecule has 6 nitrogen and oxygen atoms in total. The monoisotopic (exact) mass is 486 g/mol. The first-order valence-electron chi connectivity index (χ1n) is 9.81. The van der Waals surface area contributed by atoms with Crippen molar-refractivity contribution < 1.29 is 22.4 Å². The summed E-state index contributed by atoms with van der Waals surface area (Å²) in [7, 11) is 1.68. The van der Waals surface area contributed by atoms with Gasteiger partial charge in [-0.2, -0.15) is 18.3 Å². The van der Waals surface area contributed by atoms with Crippen molar-refractivity contribution in [3.63, 3.8) is 0 Å². The number of hydrogen-bond donors (Lipinski definition) is 2. The second-order valence-electron chi connectivity index (χ2n) is 7.57. The van der Waals surface area contributed by atoms with Crippen molar-refractivity contribution in [2.75, 3.05) is 13.1 Å². The molecule has 2 N–H and O–H groups in total. The lowest BCUT2D eigenvalue weighted by Gasteiger charge is -2.33. The van der Waals surface area contributed by atoms with E-state index >= 15 is 0 Å². The van der Waals surface area contributed by atoms with E-state index in [1.54, 1.807) is 13.1 Å². The van der Waals surface area contributed by atoms with E-state index in [1.807, 2.05) is 0 Å². The van der Waals surface area contributed by atoms with Crippen LogP contribution in [0.5, 0.6) is 0 Å². The van der Waals surface area contributed by atoms with Crippen molar-refractivity contribution in [2.24, 2.45) is 7.05 Å². The van der Waals surface area contributed by atoms with E-state index in [2.05, 4.69) is 15.7 Å². The highest BCUT2D eigenvalue weighted by molar-refractivity contribution is 6.35. The average molecular weight is 487 g/mol. The Morgan fingerprint density at radius 2 is 2.09 bits per heavy atom. The number of nitrogens with one attached hydrogen (secondary N) is 2. The fourth-order valence-corrected chi connectivity index (χ4v) is 4.45. The lowest BCUT2D eigenvalue weighted by molar-refractivity contribution is -0.137. The zero-order valence-electron chi connectivity index (χ0n) is 16.8. The molecule has 0 saturated carbocycles. The summed E-state index contributed by atoms with van der Waals surface area (Å²) in [6.07, 6.45) is -2.41. The molecule has 1 saturated heterocycles. The number of alkyl halides is 3. The molecule has 0 radical (unpaired) electrons. The molecule has 1 aliphatic heterocycles. The number of furan rings is 1. The number of nitrogens with zero attached hydrogens (tertiary/aromatic N) is 2. The highest BCUT2D eigenvalue weighted by Gasteiger charge is 2.34. The summed E-state index contributed by atoms with van der Waals surface area (Å²) in [6.45, 7) is 1.03. The van der Waals surface area contributed by atoms with Crippen LogP contribution >= 0.6 is 23.2 Å². The molecule has 11 heteroatoms. The van der Waals surface area contributed by atoms with Gasteiger partial charge in [-0.15, -0.1) is 0 Å². The fraction of sp³-hybridized carbons (Fsp3) is 0.333. The molecule has 2 atom stereocenters. The molecule has 1 aromatic carbocycles. The summed E-state index contributed by atoms with van der Waals surface area (Å²) in [5.74, 6) is -0.850. The van der Waals surface area contributed by atoms with Gasteiger partial charge in [0.2, 0.25) is 5.22 Å². The van der Waals surface area contributed by atoms with Crippen molar-refractivity contribution in [1.29, 1.82) is 0 Å². The first kappa shape index (κ1) is 22.7. The van der Waals surface area contributed by atoms with E-state index in [-0.39, 0.29) is 16.9 Å². The van der Waals surface area contributed by atoms with Gasteiger partial charge in [0.25, 0.3) is 5.91 Å². The minimum absolute atomic E-state index is 0.0168. The topological polar surface area (TPSA) is 72.1 Å². The van der Waals surface area contributed by atoms with Gasteiger partial charge >= 0.3 is 6.18 Å². The average Bonchev–Trinajstić information content (AvgIpc) is 3.29. The minimum Gasteiger partial charge on any atom is -0.439 e. The Balaban J connectivity index is 1.57. The molecule has 0 unspecified atom stereocenters. The highest BCUT2D eigenvalue weighted by atomic mass is 35.5. The third-order valence-electron chi connectivity index (χ3n) is 5.50. The van der Waals surface area contributed by atoms with Gasteiger partial charge in [-0.3, -0.25) is 9.48 Å². The van der Waals surface area contributed by atoms with Crippen LogP contribution in [0.15, 0.2) is 40.9 Å². The quantitative estimate of drug-likeness (QED) is 0.551. The minimum atomic E-state index is -4.43. The van der Waals surface area contributed by atoms with E-state index in [9.17, 15) is 18.0 Å². The highest BCUT2D eigenvalue weighted by Crippen LogP contribution is 2.36. The standard InChI is InChI=1S/C21H19Cl2F3N4O2/c1-30-18(15(22)9-28-30)14-8-17(32-19(14)23)20(31)29-16-10-27-6-5-13(16)11-3-2-4-12(7-11)21(24,25)26/h2-4,7-9,13,16,27H,5-6,10H2,1H3,(H,29,31)/t13-,16+/m0/s1. The van der Waals surface area contributed by atoms with Gasteiger partial charge in [0.15, 0.2) is 5.76 Å². The number of rotatable bonds is 4. The molecule has 1 fully saturated rings. The first-order valence-corrected chi connectivity index (χ1v) is 10.6. The molecule has 0 aliphatic carbocycles. The van der Waals surface area contributed by atoms with Crippen LogP contribution in [0.2, 0.25) is 10.2 Å². The fourth-order valence-electron chi connectivity index (χ4n) is 3.95. The van der Waals surface area contributed by atoms with Gasteiger partial charge < -0.3 is 15.1 Å². The van der Waals surface area contributed by atoms with Crippen LogP contribution in [-0.2, 0) is 13.2 Å². The van der Waals surface area contributed by atoms with E-state index in [0.29, 0.717) is 41.4 Å². The van der Waals surface area contributed by atoms with Crippen LogP contribution in [-0.4, -0.2) is 34.8 Å². The summed E-state index contributed by atoms with van der Waals surface area (Å²) >= 11 is 12.3. The van der Waals surface area contributed by atoms with E-state index in [1.165, 1.54) is 23.0 Å². The van der Waals surface area contributed by atoms with Crippen LogP contribution < -0.4 is 10.6 Å². The second kappa shape index (κ2) is 8.80. The molecular formula is C21H19Cl2F3N4O2. The molecule has 170 valence electrons. The SMILES string of the molecule is Cn1ncc(Cl)c1-c1cc(C(=O)N[C@@H]2CNCC[C@H]2c2cccc(C(F)(F)F)c2)oc1Cl. The Morgan fingerprint density at radius 1 is 1.31 bits per heavy atom. The zero-order valence-corrected chi connectivity index (χ0v) is 18.4. The lowest BCUT2D eigenvalue weighted by atomic mass is 9.85. The molecule has 1 amide bonds. The normalized spacial score (nSPS) is 19.2. The van der Waals surface area contributed by atoms with Gasteiger partial charge in [0, 0.05) is 31.6 Å². The predicted octanol–water partition coefficient (Wildman–Crippen LogP) is 4.88. The molecule has 2 aromatic heterocycles. The molecule has 1 aliphatic rings. The third-order valence-corrected chi connectivity index (χ3v) is 6.06. The van der Waals surface area contributed by atoms with Crippen molar-refractivity contribution in [2.45, 2.75) is 24.6 Å². The number of aryl methyl sites for hydroxylation is 1. The van der Waals surface area contributed by atoms with Crippen LogP contribution in [0, 0.1) is 0 Å². The number of halogens is 5. The van der Waals surface area contributed by atoms with Gasteiger partial charge in [-0.05, 0) is 36.2 Å². The van der Waals surface area contributed by atoms with Crippen molar-refractivity contribution in [1.82, 2.24) is 20.4 Å². The number of carbonyl (C=O) groups is 1. The second-order valence-corrected chi connectivity index (χ2v) is 8.32. The maximum Gasteiger partial charge on any atom is 0.416 e. The lowest BCUT2D eigenvalue weighted by Crippen LogP contribution is -2.50. The van der Waals surface area contributed by atoms with Crippen molar-refractivity contribution >= 4 is 29.1 Å². The number of piperidine rings is 1. The Hall–Kier alpha value is -2.49. The Morgan fingerprint density at radius 3 is 2.78 bits per heavy atom. The molecule has 3 aromatic rings. The number of carbonyl (C=O) groups excluding carboxylic acids is 1. The third kappa shape index (κ3) is 4.51. The summed E-state index contributed by atoms with van der Waals surface area (Å²) in [6, 6.07) is 6.24. The number of benzene rings is 1. The van der Waals surface area contributed by atoms with Crippen LogP contribution in [0.1, 0.15) is 34.0 Å². The van der Waals surface area contributed by atoms with Crippen LogP contribution in [0.3, 0.4) is 0 Å². The van der Waals surface area contributed by atoms with Gasteiger partial charge in [-0.1, -0.05) is 29.8 Å². The summed E-state index contributed by atoms with van der Waals surface area (Å²) in [4.78, 5) is 12.9. The summed E-state index contributed by atoms with van der Waals surface area (Å²) in [5, 5.41) is 10.4. The van der Waals surface area contributed by atoms with Gasteiger partial charge in [-0.25, -0.2) is 0 Å². The number of hydrogen-bond acceptors (Lipinski definition) is 4. The predicted molar refractivity (Wildman–Crippen MR) is 114 cm³/mol. The summed E-state index contributed by atoms with van der Waals surface area (Å²) in [5.41, 5.74) is 0.722. The smallest absolute Gasteiger partial charge is 0.416 e. The number of aromatic nitrogens is 2. The van der Waals surface area contributed by atoms with E-state index in [4.69, 9.17) is 27.6 Å². The van der Waals surface area contributed by atoms with Crippen LogP contribution in [0.4, 0.5) is 13.2 Å². The molecule has 4 rings (SSSR count). The van der Waals surface area contributed by atoms with Crippen LogP contribution in [0.25, 0.3) is 11.3 Å². The van der Waals surface area contributed by atoms with E-state index < -0.39 is 23.7 Å². The van der Waals surface area contributed by atoms with E-state index in [0.717, 1.165) is 12.1 Å². The van der Waals surface area contributed by atoms with Gasteiger partial charge in [0.05, 0.1) is 28.0 Å². The zero-order chi connectivity index (χ0) is 23.0. The largest absolute Gasteiger partial charge is 0.439 e. The first-order chi connectivity index (χ1) is 15.1. The van der Waals surface area contributed by atoms with Gasteiger partial charge in [0.1, 0.15) is 0 Å². The maximum atomic E-state index is 13.2. The Bertz CT molecular complexity index is 1120. The summed E-state index contributed by atoms with van der Waals surface area (Å²) < 4.78 is 46.4. The Labute approximate surface area is 191 Å². The molecule has 32 heavy (non-hydrogen) atoms. The molecule has 3 heterocycles. The van der Waals surface area contributed by atoms with Crippen molar-refractivity contribution in [3.05, 3.63) is 63.7 Å². The molecule has 0 bridgehead atoms. The molecule has 0 spiro atoms.